The number of guanidine groups is 1. The van der Waals surface area contributed by atoms with Crippen molar-refractivity contribution >= 4 is 41.5 Å². The maximum Gasteiger partial charge on any atom is 0.193 e. The standard InChI is InChI=1S/C19H26ClN5O.HI/c1-21-19(22-9-2-3-16-4-6-17(20)7-5-16)25-12-10-24(11-13-25)15-18-8-14-26-23-18;/h4-8,14H,2-3,9-13,15H2,1H3,(H,21,22);1H. The number of aryl methyl sites for hydroxylation is 1. The minimum Gasteiger partial charge on any atom is -0.364 e. The highest BCUT2D eigenvalue weighted by Crippen LogP contribution is 2.11. The van der Waals surface area contributed by atoms with Gasteiger partial charge in [-0.15, -0.1) is 24.0 Å². The van der Waals surface area contributed by atoms with Crippen molar-refractivity contribution in [1.82, 2.24) is 20.3 Å². The van der Waals surface area contributed by atoms with Gasteiger partial charge in [0.2, 0.25) is 0 Å². The van der Waals surface area contributed by atoms with E-state index in [1.54, 1.807) is 6.26 Å². The summed E-state index contributed by atoms with van der Waals surface area (Å²) < 4.78 is 4.90. The predicted molar refractivity (Wildman–Crippen MR) is 120 cm³/mol. The number of nitrogens with one attached hydrogen (secondary N) is 1. The molecule has 0 bridgehead atoms. The summed E-state index contributed by atoms with van der Waals surface area (Å²) >= 11 is 5.92. The van der Waals surface area contributed by atoms with Gasteiger partial charge in [-0.1, -0.05) is 28.9 Å². The molecule has 0 aliphatic carbocycles. The highest BCUT2D eigenvalue weighted by Gasteiger charge is 2.20. The molecule has 2 heterocycles. The van der Waals surface area contributed by atoms with Gasteiger partial charge in [0.1, 0.15) is 6.26 Å². The third kappa shape index (κ3) is 6.97. The Bertz CT molecular complexity index is 685. The van der Waals surface area contributed by atoms with E-state index < -0.39 is 0 Å². The third-order valence-corrected chi connectivity index (χ3v) is 4.85. The van der Waals surface area contributed by atoms with Gasteiger partial charge in [0.05, 0.1) is 5.69 Å². The maximum atomic E-state index is 5.92. The molecule has 1 aromatic heterocycles. The van der Waals surface area contributed by atoms with Gasteiger partial charge in [0, 0.05) is 57.4 Å². The minimum absolute atomic E-state index is 0. The summed E-state index contributed by atoms with van der Waals surface area (Å²) in [5.74, 6) is 0.988. The number of hydrogen-bond donors (Lipinski definition) is 1. The lowest BCUT2D eigenvalue weighted by molar-refractivity contribution is 0.169. The van der Waals surface area contributed by atoms with Crippen molar-refractivity contribution in [1.29, 1.82) is 0 Å². The summed E-state index contributed by atoms with van der Waals surface area (Å²) in [5, 5.41) is 8.26. The monoisotopic (exact) mass is 503 g/mol. The zero-order chi connectivity index (χ0) is 18.2. The Morgan fingerprint density at radius 2 is 1.93 bits per heavy atom. The van der Waals surface area contributed by atoms with E-state index in [-0.39, 0.29) is 24.0 Å². The smallest absolute Gasteiger partial charge is 0.193 e. The topological polar surface area (TPSA) is 56.9 Å². The molecule has 1 saturated heterocycles. The quantitative estimate of drug-likeness (QED) is 0.284. The molecular formula is C19H27ClIN5O. The Morgan fingerprint density at radius 1 is 1.19 bits per heavy atom. The molecule has 6 nitrogen and oxygen atoms in total. The number of nitrogens with zero attached hydrogens (tertiary/aromatic N) is 4. The first kappa shape index (κ1) is 22.0. The second-order valence-electron chi connectivity index (χ2n) is 6.46. The Morgan fingerprint density at radius 3 is 2.56 bits per heavy atom. The van der Waals surface area contributed by atoms with Gasteiger partial charge in [-0.2, -0.15) is 0 Å². The fourth-order valence-corrected chi connectivity index (χ4v) is 3.27. The molecule has 0 unspecified atom stereocenters. The van der Waals surface area contributed by atoms with Crippen LogP contribution in [0.2, 0.25) is 5.02 Å². The highest BCUT2D eigenvalue weighted by molar-refractivity contribution is 14.0. The third-order valence-electron chi connectivity index (χ3n) is 4.60. The van der Waals surface area contributed by atoms with E-state index in [4.69, 9.17) is 16.1 Å². The average molecular weight is 504 g/mol. The first-order valence-corrected chi connectivity index (χ1v) is 9.44. The van der Waals surface area contributed by atoms with Gasteiger partial charge >= 0.3 is 0 Å². The Labute approximate surface area is 183 Å². The number of halogens is 2. The summed E-state index contributed by atoms with van der Waals surface area (Å²) in [5.41, 5.74) is 2.30. The molecule has 27 heavy (non-hydrogen) atoms. The van der Waals surface area contributed by atoms with Gasteiger partial charge < -0.3 is 14.7 Å². The summed E-state index contributed by atoms with van der Waals surface area (Å²) in [6.45, 7) is 5.69. The van der Waals surface area contributed by atoms with Crippen LogP contribution in [0, 0.1) is 0 Å². The fourth-order valence-electron chi connectivity index (χ4n) is 3.14. The van der Waals surface area contributed by atoms with Crippen molar-refractivity contribution < 1.29 is 4.52 Å². The number of aromatic nitrogens is 1. The van der Waals surface area contributed by atoms with Gasteiger partial charge in [0.25, 0.3) is 0 Å². The number of rotatable bonds is 6. The van der Waals surface area contributed by atoms with E-state index in [0.29, 0.717) is 0 Å². The van der Waals surface area contributed by atoms with Crippen LogP contribution in [0.15, 0.2) is 46.1 Å². The van der Waals surface area contributed by atoms with Crippen LogP contribution in [0.1, 0.15) is 17.7 Å². The normalized spacial score (nSPS) is 15.5. The lowest BCUT2D eigenvalue weighted by atomic mass is 10.1. The molecule has 2 aromatic rings. The average Bonchev–Trinajstić information content (AvgIpc) is 3.17. The second-order valence-corrected chi connectivity index (χ2v) is 6.89. The number of piperazine rings is 1. The van der Waals surface area contributed by atoms with Crippen LogP contribution in [0.4, 0.5) is 0 Å². The minimum atomic E-state index is 0. The van der Waals surface area contributed by atoms with E-state index in [1.165, 1.54) is 5.56 Å². The fraction of sp³-hybridized carbons (Fsp3) is 0.474. The van der Waals surface area contributed by atoms with Crippen LogP contribution in [0.5, 0.6) is 0 Å². The molecule has 0 spiro atoms. The Hall–Kier alpha value is -1.32. The molecule has 0 saturated carbocycles. The van der Waals surface area contributed by atoms with Crippen LogP contribution in [-0.2, 0) is 13.0 Å². The van der Waals surface area contributed by atoms with Crippen LogP contribution in [-0.4, -0.2) is 60.7 Å². The second kappa shape index (κ2) is 11.5. The van der Waals surface area contributed by atoms with Gasteiger partial charge in [-0.3, -0.25) is 9.89 Å². The zero-order valence-corrected chi connectivity index (χ0v) is 18.7. The first-order valence-electron chi connectivity index (χ1n) is 9.06. The molecule has 1 aliphatic heterocycles. The molecule has 0 atom stereocenters. The molecule has 0 radical (unpaired) electrons. The summed E-state index contributed by atoms with van der Waals surface area (Å²) in [7, 11) is 1.85. The predicted octanol–water partition coefficient (Wildman–Crippen LogP) is 3.27. The van der Waals surface area contributed by atoms with Crippen molar-refractivity contribution in [2.24, 2.45) is 4.99 Å². The summed E-state index contributed by atoms with van der Waals surface area (Å²) in [6.07, 6.45) is 3.72. The van der Waals surface area contributed by atoms with Crippen molar-refractivity contribution in [3.05, 3.63) is 52.9 Å². The zero-order valence-electron chi connectivity index (χ0n) is 15.6. The molecule has 1 N–H and O–H groups in total. The van der Waals surface area contributed by atoms with Gasteiger partial charge in [-0.05, 0) is 30.5 Å². The maximum absolute atomic E-state index is 5.92. The lowest BCUT2D eigenvalue weighted by Crippen LogP contribution is -2.52. The van der Waals surface area contributed by atoms with E-state index >= 15 is 0 Å². The van der Waals surface area contributed by atoms with E-state index in [2.05, 4.69) is 37.4 Å². The number of aliphatic imine (C=N–C) groups is 1. The van der Waals surface area contributed by atoms with Gasteiger partial charge in [0.15, 0.2) is 5.96 Å². The first-order chi connectivity index (χ1) is 12.7. The number of hydrogen-bond acceptors (Lipinski definition) is 4. The lowest BCUT2D eigenvalue weighted by Gasteiger charge is -2.36. The highest BCUT2D eigenvalue weighted by atomic mass is 127. The van der Waals surface area contributed by atoms with Crippen molar-refractivity contribution in [2.75, 3.05) is 39.8 Å². The van der Waals surface area contributed by atoms with Crippen molar-refractivity contribution in [2.45, 2.75) is 19.4 Å². The summed E-state index contributed by atoms with van der Waals surface area (Å²) in [4.78, 5) is 9.15. The molecule has 0 amide bonds. The van der Waals surface area contributed by atoms with Crippen LogP contribution in [0.25, 0.3) is 0 Å². The molecule has 1 fully saturated rings. The SMILES string of the molecule is CN=C(NCCCc1ccc(Cl)cc1)N1CCN(Cc2ccon2)CC1.I. The van der Waals surface area contributed by atoms with E-state index in [0.717, 1.165) is 68.8 Å². The number of benzene rings is 1. The van der Waals surface area contributed by atoms with E-state index in [1.807, 2.05) is 25.2 Å². The van der Waals surface area contributed by atoms with Gasteiger partial charge in [-0.25, -0.2) is 0 Å². The van der Waals surface area contributed by atoms with E-state index in [9.17, 15) is 0 Å². The van der Waals surface area contributed by atoms with Crippen LogP contribution in [0.3, 0.4) is 0 Å². The molecule has 148 valence electrons. The Balaban J connectivity index is 0.00000261. The molecule has 8 heteroatoms. The van der Waals surface area contributed by atoms with Crippen molar-refractivity contribution in [3.63, 3.8) is 0 Å². The Kier molecular flexibility index (Phi) is 9.36. The molecule has 3 rings (SSSR count). The molecular weight excluding hydrogens is 477 g/mol. The largest absolute Gasteiger partial charge is 0.364 e. The van der Waals surface area contributed by atoms with Crippen molar-refractivity contribution in [3.8, 4) is 0 Å². The summed E-state index contributed by atoms with van der Waals surface area (Å²) in [6, 6.07) is 9.99. The van der Waals surface area contributed by atoms with Crippen LogP contribution >= 0.6 is 35.6 Å². The molecule has 1 aromatic carbocycles. The van der Waals surface area contributed by atoms with Crippen LogP contribution < -0.4 is 5.32 Å². The molecule has 1 aliphatic rings.